The predicted octanol–water partition coefficient (Wildman–Crippen LogP) is 4.64. The molecule has 106 valence electrons. The number of aliphatic hydroxyl groups is 1. The first kappa shape index (κ1) is 15.6. The fourth-order valence-corrected chi connectivity index (χ4v) is 2.62. The molecule has 0 aliphatic rings. The van der Waals surface area contributed by atoms with Gasteiger partial charge in [0.05, 0.1) is 6.10 Å². The van der Waals surface area contributed by atoms with Crippen LogP contribution in [-0.4, -0.2) is 11.2 Å². The van der Waals surface area contributed by atoms with Gasteiger partial charge < -0.3 is 5.11 Å². The molecule has 0 fully saturated rings. The van der Waals surface area contributed by atoms with Gasteiger partial charge in [0.25, 0.3) is 0 Å². The minimum Gasteiger partial charge on any atom is -0.392 e. The van der Waals surface area contributed by atoms with Gasteiger partial charge in [-0.3, -0.25) is 0 Å². The van der Waals surface area contributed by atoms with Crippen molar-refractivity contribution in [3.8, 4) is 0 Å². The molecule has 0 bridgehead atoms. The monoisotopic (exact) mass is 404 g/mol. The van der Waals surface area contributed by atoms with Crippen LogP contribution in [0.2, 0.25) is 0 Å². The highest BCUT2D eigenvalue weighted by Gasteiger charge is 2.13. The van der Waals surface area contributed by atoms with Gasteiger partial charge in [0, 0.05) is 21.8 Å². The summed E-state index contributed by atoms with van der Waals surface area (Å²) in [7, 11) is 0. The zero-order valence-electron chi connectivity index (χ0n) is 10.4. The molecule has 0 saturated heterocycles. The van der Waals surface area contributed by atoms with E-state index < -0.39 is 6.10 Å². The molecule has 0 aliphatic heterocycles. The van der Waals surface area contributed by atoms with Crippen LogP contribution in [-0.2, 0) is 12.8 Å². The van der Waals surface area contributed by atoms with Crippen molar-refractivity contribution in [1.29, 1.82) is 0 Å². The molecule has 0 radical (unpaired) electrons. The number of halogens is 4. The molecule has 0 spiro atoms. The molecule has 0 aliphatic carbocycles. The van der Waals surface area contributed by atoms with E-state index in [2.05, 4.69) is 31.9 Å². The molecule has 0 heterocycles. The molecule has 2 rings (SSSR count). The van der Waals surface area contributed by atoms with Crippen LogP contribution >= 0.6 is 31.9 Å². The van der Waals surface area contributed by atoms with Crippen molar-refractivity contribution in [2.45, 2.75) is 18.9 Å². The first-order chi connectivity index (χ1) is 9.45. The molecule has 20 heavy (non-hydrogen) atoms. The summed E-state index contributed by atoms with van der Waals surface area (Å²) in [6.45, 7) is 0. The van der Waals surface area contributed by atoms with E-state index in [0.29, 0.717) is 20.1 Å². The van der Waals surface area contributed by atoms with Crippen molar-refractivity contribution in [3.63, 3.8) is 0 Å². The summed E-state index contributed by atoms with van der Waals surface area (Å²) in [4.78, 5) is 0. The van der Waals surface area contributed by atoms with Gasteiger partial charge in [-0.25, -0.2) is 8.78 Å². The summed E-state index contributed by atoms with van der Waals surface area (Å²) in [5.41, 5.74) is 0.830. The van der Waals surface area contributed by atoms with E-state index in [9.17, 15) is 13.9 Å². The maximum absolute atomic E-state index is 13.7. The molecule has 1 N–H and O–H groups in total. The molecule has 2 aromatic rings. The zero-order valence-corrected chi connectivity index (χ0v) is 13.6. The van der Waals surface area contributed by atoms with Crippen molar-refractivity contribution >= 4 is 31.9 Å². The Kier molecular flexibility index (Phi) is 5.29. The minimum absolute atomic E-state index is 0.147. The molecule has 0 atom stereocenters. The van der Waals surface area contributed by atoms with Crippen LogP contribution in [0.5, 0.6) is 0 Å². The Hall–Kier alpha value is -0.780. The number of rotatable bonds is 4. The number of hydrogen-bond acceptors (Lipinski definition) is 1. The van der Waals surface area contributed by atoms with E-state index in [1.807, 2.05) is 0 Å². The fourth-order valence-electron chi connectivity index (χ4n) is 1.95. The fraction of sp³-hybridized carbons (Fsp3) is 0.200. The predicted molar refractivity (Wildman–Crippen MR) is 81.6 cm³/mol. The average Bonchev–Trinajstić information content (AvgIpc) is 2.36. The highest BCUT2D eigenvalue weighted by Crippen LogP contribution is 2.20. The largest absolute Gasteiger partial charge is 0.392 e. The number of hydrogen-bond donors (Lipinski definition) is 1. The minimum atomic E-state index is -0.832. The lowest BCUT2D eigenvalue weighted by atomic mass is 10.0. The SMILES string of the molecule is OC(Cc1ccc(Br)cc1F)Cc1ccc(Br)cc1F. The van der Waals surface area contributed by atoms with Crippen LogP contribution in [0.3, 0.4) is 0 Å². The van der Waals surface area contributed by atoms with Crippen LogP contribution in [0.1, 0.15) is 11.1 Å². The molecule has 5 heteroatoms. The van der Waals surface area contributed by atoms with Crippen LogP contribution in [0.4, 0.5) is 8.78 Å². The van der Waals surface area contributed by atoms with Gasteiger partial charge in [-0.05, 0) is 35.4 Å². The van der Waals surface area contributed by atoms with E-state index in [1.165, 1.54) is 12.1 Å². The Balaban J connectivity index is 2.07. The second-order valence-corrected chi connectivity index (χ2v) is 6.36. The highest BCUT2D eigenvalue weighted by atomic mass is 79.9. The topological polar surface area (TPSA) is 20.2 Å². The molecule has 2 aromatic carbocycles. The van der Waals surface area contributed by atoms with Crippen LogP contribution in [0.15, 0.2) is 45.3 Å². The molecule has 0 amide bonds. The molecule has 0 aromatic heterocycles. The molecule has 0 saturated carbocycles. The van der Waals surface area contributed by atoms with Gasteiger partial charge in [0.1, 0.15) is 11.6 Å². The third-order valence-corrected chi connectivity index (χ3v) is 3.93. The van der Waals surface area contributed by atoms with Crippen LogP contribution < -0.4 is 0 Å². The van der Waals surface area contributed by atoms with E-state index in [4.69, 9.17) is 0 Å². The number of aliphatic hydroxyl groups excluding tert-OH is 1. The Labute approximate surface area is 132 Å². The smallest absolute Gasteiger partial charge is 0.127 e. The van der Waals surface area contributed by atoms with E-state index in [-0.39, 0.29) is 24.5 Å². The lowest BCUT2D eigenvalue weighted by molar-refractivity contribution is 0.173. The molecular formula is C15H12Br2F2O. The van der Waals surface area contributed by atoms with Crippen LogP contribution in [0.25, 0.3) is 0 Å². The normalized spacial score (nSPS) is 11.1. The summed E-state index contributed by atoms with van der Waals surface area (Å²) >= 11 is 6.35. The lowest BCUT2D eigenvalue weighted by Crippen LogP contribution is -2.15. The van der Waals surface area contributed by atoms with Gasteiger partial charge in [0.2, 0.25) is 0 Å². The number of benzene rings is 2. The van der Waals surface area contributed by atoms with Crippen LogP contribution in [0, 0.1) is 11.6 Å². The maximum Gasteiger partial charge on any atom is 0.127 e. The van der Waals surface area contributed by atoms with Crippen molar-refractivity contribution in [2.24, 2.45) is 0 Å². The van der Waals surface area contributed by atoms with Crippen molar-refractivity contribution in [2.75, 3.05) is 0 Å². The van der Waals surface area contributed by atoms with Gasteiger partial charge in [0.15, 0.2) is 0 Å². The summed E-state index contributed by atoms with van der Waals surface area (Å²) in [6.07, 6.45) is -0.537. The van der Waals surface area contributed by atoms with E-state index in [1.54, 1.807) is 24.3 Å². The quantitative estimate of drug-likeness (QED) is 0.785. The Bertz CT molecular complexity index is 563. The second-order valence-electron chi connectivity index (χ2n) is 4.53. The standard InChI is InChI=1S/C15H12Br2F2O/c16-11-3-1-9(14(18)7-11)5-13(20)6-10-2-4-12(17)8-15(10)19/h1-4,7-8,13,20H,5-6H2. The Morgan fingerprint density at radius 3 is 1.60 bits per heavy atom. The highest BCUT2D eigenvalue weighted by molar-refractivity contribution is 9.10. The summed E-state index contributed by atoms with van der Waals surface area (Å²) in [6, 6.07) is 9.35. The lowest BCUT2D eigenvalue weighted by Gasteiger charge is -2.12. The molecular weight excluding hydrogens is 394 g/mol. The second kappa shape index (κ2) is 6.78. The van der Waals surface area contributed by atoms with Gasteiger partial charge in [-0.2, -0.15) is 0 Å². The maximum atomic E-state index is 13.7. The first-order valence-electron chi connectivity index (χ1n) is 6.01. The molecule has 1 nitrogen and oxygen atoms in total. The van der Waals surface area contributed by atoms with E-state index in [0.717, 1.165) is 0 Å². The summed E-state index contributed by atoms with van der Waals surface area (Å²) in [5, 5.41) is 9.99. The van der Waals surface area contributed by atoms with Crippen molar-refractivity contribution in [3.05, 3.63) is 68.1 Å². The van der Waals surface area contributed by atoms with E-state index >= 15 is 0 Å². The molecule has 0 unspecified atom stereocenters. The Morgan fingerprint density at radius 2 is 1.25 bits per heavy atom. The van der Waals surface area contributed by atoms with Crippen molar-refractivity contribution in [1.82, 2.24) is 0 Å². The van der Waals surface area contributed by atoms with Gasteiger partial charge >= 0.3 is 0 Å². The van der Waals surface area contributed by atoms with Gasteiger partial charge in [-0.1, -0.05) is 44.0 Å². The third kappa shape index (κ3) is 4.11. The Morgan fingerprint density at radius 1 is 0.850 bits per heavy atom. The van der Waals surface area contributed by atoms with Gasteiger partial charge in [-0.15, -0.1) is 0 Å². The third-order valence-electron chi connectivity index (χ3n) is 2.94. The first-order valence-corrected chi connectivity index (χ1v) is 7.60. The average molecular weight is 406 g/mol. The van der Waals surface area contributed by atoms with Crippen molar-refractivity contribution < 1.29 is 13.9 Å². The summed E-state index contributed by atoms with van der Waals surface area (Å²) < 4.78 is 28.6. The summed E-state index contributed by atoms with van der Waals surface area (Å²) in [5.74, 6) is -0.760. The zero-order chi connectivity index (χ0) is 14.7.